The van der Waals surface area contributed by atoms with Crippen LogP contribution >= 0.6 is 0 Å². The summed E-state index contributed by atoms with van der Waals surface area (Å²) in [6.45, 7) is 4.12. The van der Waals surface area contributed by atoms with Crippen LogP contribution in [0.2, 0.25) is 0 Å². The molecule has 0 aromatic carbocycles. The Morgan fingerprint density at radius 1 is 0.867 bits per heavy atom. The van der Waals surface area contributed by atoms with Crippen LogP contribution < -0.4 is 9.41 Å². The zero-order valence-corrected chi connectivity index (χ0v) is 10.5. The Bertz CT molecular complexity index is 229. The van der Waals surface area contributed by atoms with Crippen molar-refractivity contribution in [2.24, 2.45) is 0 Å². The van der Waals surface area contributed by atoms with E-state index in [4.69, 9.17) is 0 Å². The van der Waals surface area contributed by atoms with E-state index in [9.17, 15) is 0 Å². The minimum absolute atomic E-state index is 0. The van der Waals surface area contributed by atoms with Gasteiger partial charge in [-0.1, -0.05) is 13.8 Å². The fourth-order valence-corrected chi connectivity index (χ4v) is 1.03. The van der Waals surface area contributed by atoms with Gasteiger partial charge in [-0.2, -0.15) is 12.2 Å². The second-order valence-corrected chi connectivity index (χ2v) is 2.93. The predicted molar refractivity (Wildman–Crippen MR) is 52.4 cm³/mol. The Labute approximate surface area is 105 Å². The van der Waals surface area contributed by atoms with E-state index in [1.807, 2.05) is 0 Å². The third kappa shape index (κ3) is 9.83. The molecule has 0 amide bonds. The van der Waals surface area contributed by atoms with Gasteiger partial charge in [0, 0.05) is 0 Å². The molecular formula is C12H14F2Ti. The number of hydrogen-bond acceptors (Lipinski definition) is 0. The van der Waals surface area contributed by atoms with E-state index >= 15 is 0 Å². The van der Waals surface area contributed by atoms with Gasteiger partial charge >= 0.3 is 21.7 Å². The Hall–Kier alpha value is -0.466. The normalized spacial score (nSPS) is 14.8. The van der Waals surface area contributed by atoms with Gasteiger partial charge in [-0.3, -0.25) is 12.2 Å². The van der Waals surface area contributed by atoms with E-state index in [0.29, 0.717) is 0 Å². The third-order valence-electron chi connectivity index (χ3n) is 1.73. The van der Waals surface area contributed by atoms with Crippen LogP contribution in [-0.4, -0.2) is 0 Å². The number of hydrogen-bond donors (Lipinski definition) is 0. The first-order valence-corrected chi connectivity index (χ1v) is 4.27. The van der Waals surface area contributed by atoms with E-state index in [1.54, 1.807) is 0 Å². The summed E-state index contributed by atoms with van der Waals surface area (Å²) < 4.78 is 0. The molecule has 3 heteroatoms. The molecule has 0 unspecified atom stereocenters. The average molecular weight is 244 g/mol. The maximum absolute atomic E-state index is 3.12. The zero-order valence-electron chi connectivity index (χ0n) is 8.98. The van der Waals surface area contributed by atoms with Crippen molar-refractivity contribution in [2.45, 2.75) is 26.7 Å². The summed E-state index contributed by atoms with van der Waals surface area (Å²) in [5, 5.41) is 0. The third-order valence-corrected chi connectivity index (χ3v) is 1.73. The van der Waals surface area contributed by atoms with Crippen LogP contribution in [0.1, 0.15) is 26.7 Å². The van der Waals surface area contributed by atoms with Crippen LogP contribution in [0.4, 0.5) is 0 Å². The number of allylic oxidation sites excluding steroid dienone is 8. The van der Waals surface area contributed by atoms with Crippen molar-refractivity contribution >= 4 is 0 Å². The van der Waals surface area contributed by atoms with E-state index in [2.05, 4.69) is 50.3 Å². The summed E-state index contributed by atoms with van der Waals surface area (Å²) >= 11 is 0. The van der Waals surface area contributed by atoms with Gasteiger partial charge in [0.2, 0.25) is 0 Å². The van der Waals surface area contributed by atoms with Crippen LogP contribution in [0.15, 0.2) is 35.5 Å². The minimum Gasteiger partial charge on any atom is -1.00 e. The van der Waals surface area contributed by atoms with Crippen LogP contribution in [0, 0.1) is 12.2 Å². The van der Waals surface area contributed by atoms with E-state index < -0.39 is 0 Å². The quantitative estimate of drug-likeness (QED) is 0.324. The summed E-state index contributed by atoms with van der Waals surface area (Å²) in [5.41, 5.74) is 2.55. The smallest absolute Gasteiger partial charge is 1.00 e. The fourth-order valence-electron chi connectivity index (χ4n) is 1.03. The molecule has 80 valence electrons. The molecule has 2 rings (SSSR count). The molecule has 0 saturated heterocycles. The Kier molecular flexibility index (Phi) is 15.5. The molecule has 15 heavy (non-hydrogen) atoms. The summed E-state index contributed by atoms with van der Waals surface area (Å²) in [5.74, 6) is 0. The van der Waals surface area contributed by atoms with Gasteiger partial charge < -0.3 is 9.41 Å². The van der Waals surface area contributed by atoms with Gasteiger partial charge in [0.05, 0.1) is 0 Å². The summed E-state index contributed by atoms with van der Waals surface area (Å²) in [6, 6.07) is 0. The van der Waals surface area contributed by atoms with Crippen molar-refractivity contribution in [1.82, 2.24) is 0 Å². The largest absolute Gasteiger partial charge is 4.00 e. The van der Waals surface area contributed by atoms with E-state index in [1.165, 1.54) is 11.1 Å². The van der Waals surface area contributed by atoms with Gasteiger partial charge in [-0.05, 0) is 0 Å². The number of halogens is 2. The molecule has 0 saturated carbocycles. The maximum atomic E-state index is 3.12. The molecule has 0 spiro atoms. The molecule has 2 aliphatic rings. The van der Waals surface area contributed by atoms with Crippen molar-refractivity contribution in [3.05, 3.63) is 47.6 Å². The molecule has 0 nitrogen and oxygen atoms in total. The van der Waals surface area contributed by atoms with Gasteiger partial charge in [-0.25, -0.2) is 23.3 Å². The molecule has 0 fully saturated rings. The predicted octanol–water partition coefficient (Wildman–Crippen LogP) is -2.60. The first-order valence-electron chi connectivity index (χ1n) is 4.27. The summed E-state index contributed by atoms with van der Waals surface area (Å²) in [7, 11) is 0. The molecule has 0 atom stereocenters. The van der Waals surface area contributed by atoms with Gasteiger partial charge in [0.15, 0.2) is 0 Å². The van der Waals surface area contributed by atoms with Crippen LogP contribution in [-0.2, 0) is 21.7 Å². The van der Waals surface area contributed by atoms with Crippen molar-refractivity contribution in [1.29, 1.82) is 0 Å². The van der Waals surface area contributed by atoms with Crippen molar-refractivity contribution in [2.75, 3.05) is 0 Å². The first kappa shape index (κ1) is 20.0. The van der Waals surface area contributed by atoms with Crippen molar-refractivity contribution in [3.8, 4) is 0 Å². The van der Waals surface area contributed by atoms with Crippen molar-refractivity contribution in [3.63, 3.8) is 0 Å². The van der Waals surface area contributed by atoms with Crippen LogP contribution in [0.5, 0.6) is 0 Å². The second-order valence-electron chi connectivity index (χ2n) is 2.93. The van der Waals surface area contributed by atoms with Gasteiger partial charge in [-0.15, -0.1) is 12.8 Å². The monoisotopic (exact) mass is 244 g/mol. The Balaban J connectivity index is -0.000000160. The van der Waals surface area contributed by atoms with Crippen LogP contribution in [0.3, 0.4) is 0 Å². The molecule has 0 bridgehead atoms. The molecule has 0 N–H and O–H groups in total. The fraction of sp³-hybridized carbons (Fsp3) is 0.333. The molecule has 0 radical (unpaired) electrons. The van der Waals surface area contributed by atoms with E-state index in [-0.39, 0.29) is 31.1 Å². The standard InChI is InChI=1S/2C6H7.2FH.Ti/c2*1-6-4-2-3-5-6;;;/h2*2,4H,3H2,1H3;2*1H;/q2*-1;;;+4/p-2. The molecule has 0 aromatic rings. The molecule has 0 heterocycles. The average Bonchev–Trinajstić information content (AvgIpc) is 2.63. The van der Waals surface area contributed by atoms with Crippen LogP contribution in [0.25, 0.3) is 0 Å². The zero-order chi connectivity index (χ0) is 8.81. The minimum atomic E-state index is 0. The van der Waals surface area contributed by atoms with Gasteiger partial charge in [0.25, 0.3) is 0 Å². The topological polar surface area (TPSA) is 0 Å². The van der Waals surface area contributed by atoms with Crippen molar-refractivity contribution < 1.29 is 31.1 Å². The van der Waals surface area contributed by atoms with Gasteiger partial charge in [0.1, 0.15) is 0 Å². The second kappa shape index (κ2) is 11.6. The van der Waals surface area contributed by atoms with E-state index in [0.717, 1.165) is 12.8 Å². The molecule has 0 aromatic heterocycles. The Morgan fingerprint density at radius 2 is 1.20 bits per heavy atom. The maximum Gasteiger partial charge on any atom is 4.00 e. The molecular weight excluding hydrogens is 230 g/mol. The Morgan fingerprint density at radius 3 is 1.27 bits per heavy atom. The molecule has 0 aliphatic heterocycles. The number of rotatable bonds is 0. The summed E-state index contributed by atoms with van der Waals surface area (Å²) in [4.78, 5) is 0. The summed E-state index contributed by atoms with van der Waals surface area (Å²) in [6.07, 6.45) is 16.7. The first-order chi connectivity index (χ1) is 5.79. The SMILES string of the molecule is CC1=[C-]CC=C1.CC1=[C-]CC=C1.[F-].[F-].[Ti+4]. The molecule has 2 aliphatic carbocycles.